The zero-order chi connectivity index (χ0) is 11.4. The van der Waals surface area contributed by atoms with Gasteiger partial charge in [0.1, 0.15) is 0 Å². The van der Waals surface area contributed by atoms with Crippen LogP contribution >= 0.6 is 11.6 Å². The van der Waals surface area contributed by atoms with Crippen molar-refractivity contribution >= 4 is 20.4 Å². The van der Waals surface area contributed by atoms with Crippen LogP contribution < -0.4 is 0 Å². The van der Waals surface area contributed by atoms with Gasteiger partial charge in [0, 0.05) is 25.1 Å². The van der Waals surface area contributed by atoms with Crippen molar-refractivity contribution in [3.63, 3.8) is 0 Å². The second kappa shape index (κ2) is 11.5. The molecule has 0 aliphatic heterocycles. The number of hydrogen-bond donors (Lipinski definition) is 1. The van der Waals surface area contributed by atoms with Crippen molar-refractivity contribution in [3.05, 3.63) is 0 Å². The van der Waals surface area contributed by atoms with Crippen LogP contribution in [0.3, 0.4) is 0 Å². The largest absolute Gasteiger partial charge is 0.498 e. The van der Waals surface area contributed by atoms with Gasteiger partial charge in [-0.2, -0.15) is 0 Å². The summed E-state index contributed by atoms with van der Waals surface area (Å²) in [6.45, 7) is 8.67. The predicted octanol–water partition coefficient (Wildman–Crippen LogP) is 2.65. The number of hydrogen-bond acceptors (Lipinski definition) is 3. The first-order valence-electron chi connectivity index (χ1n) is 5.24. The monoisotopic (exact) mass is 242 g/mol. The minimum Gasteiger partial charge on any atom is -0.390 e. The van der Waals surface area contributed by atoms with E-state index in [2.05, 4.69) is 0 Å². The van der Waals surface area contributed by atoms with Gasteiger partial charge in [-0.3, -0.25) is 0 Å². The Morgan fingerprint density at radius 3 is 1.86 bits per heavy atom. The lowest BCUT2D eigenvalue weighted by molar-refractivity contribution is 0.108. The molecule has 5 heteroatoms. The van der Waals surface area contributed by atoms with Crippen molar-refractivity contribution in [2.75, 3.05) is 19.1 Å². The van der Waals surface area contributed by atoms with Crippen LogP contribution in [0.1, 0.15) is 34.1 Å². The molecule has 0 aromatic heterocycles. The number of rotatable bonds is 7. The molecule has 0 unspecified atom stereocenters. The molecule has 0 heterocycles. The van der Waals surface area contributed by atoms with Crippen LogP contribution in [0.25, 0.3) is 0 Å². The van der Waals surface area contributed by atoms with Gasteiger partial charge in [-0.25, -0.2) is 0 Å². The maximum Gasteiger partial charge on any atom is 0.498 e. The van der Waals surface area contributed by atoms with E-state index in [-0.39, 0.29) is 0 Å². The molecule has 0 fully saturated rings. The summed E-state index contributed by atoms with van der Waals surface area (Å²) in [5, 5.41) is 0. The van der Waals surface area contributed by atoms with Crippen LogP contribution in [0.5, 0.6) is 0 Å². The third-order valence-electron chi connectivity index (χ3n) is 1.37. The fraction of sp³-hybridized carbons (Fsp3) is 1.00. The first kappa shape index (κ1) is 16.8. The molecule has 0 aliphatic rings. The highest BCUT2D eigenvalue weighted by molar-refractivity contribution is 6.59. The second-order valence-corrected chi connectivity index (χ2v) is 5.25. The molecule has 0 atom stereocenters. The Bertz CT molecular complexity index is 108. The summed E-state index contributed by atoms with van der Waals surface area (Å²) in [4.78, 5) is 9.78. The Hall–Kier alpha value is 0.387. The quantitative estimate of drug-likeness (QED) is 0.551. The third kappa shape index (κ3) is 8.96. The molecule has 0 aromatic rings. The third-order valence-corrected chi connectivity index (χ3v) is 4.10. The van der Waals surface area contributed by atoms with Crippen molar-refractivity contribution < 1.29 is 13.6 Å². The van der Waals surface area contributed by atoms with Crippen molar-refractivity contribution in [2.24, 2.45) is 0 Å². The summed E-state index contributed by atoms with van der Waals surface area (Å²) in [7, 11) is -2.85. The topological polar surface area (TPSA) is 38.7 Å². The van der Waals surface area contributed by atoms with Crippen LogP contribution in [-0.2, 0) is 8.85 Å². The van der Waals surface area contributed by atoms with E-state index in [0.717, 1.165) is 6.42 Å². The van der Waals surface area contributed by atoms with Crippen LogP contribution in [0, 0.1) is 0 Å². The Morgan fingerprint density at radius 2 is 1.57 bits per heavy atom. The molecule has 0 saturated carbocycles. The van der Waals surface area contributed by atoms with E-state index in [9.17, 15) is 4.80 Å². The Labute approximate surface area is 93.7 Å². The minimum absolute atomic E-state index is 0.491. The summed E-state index contributed by atoms with van der Waals surface area (Å²) in [6, 6.07) is 0.554. The minimum atomic E-state index is -2.85. The van der Waals surface area contributed by atoms with Crippen LogP contribution in [0.15, 0.2) is 0 Å². The summed E-state index contributed by atoms with van der Waals surface area (Å²) in [6.07, 6.45) is 0.740. The molecule has 0 saturated heterocycles. The van der Waals surface area contributed by atoms with E-state index in [1.807, 2.05) is 27.7 Å². The lowest BCUT2D eigenvalue weighted by atomic mass is 10.6. The molecule has 0 radical (unpaired) electrons. The molecule has 1 N–H and O–H groups in total. The van der Waals surface area contributed by atoms with Gasteiger partial charge in [-0.15, -0.1) is 11.6 Å². The molecule has 0 rings (SSSR count). The van der Waals surface area contributed by atoms with E-state index in [0.29, 0.717) is 25.1 Å². The van der Waals surface area contributed by atoms with Gasteiger partial charge in [0.25, 0.3) is 0 Å². The summed E-state index contributed by atoms with van der Waals surface area (Å²) in [5.41, 5.74) is 0. The summed E-state index contributed by atoms with van der Waals surface area (Å²) >= 11 is 5.51. The average molecular weight is 243 g/mol. The molecule has 0 bridgehead atoms. The SMILES string of the molecule is CC.CCO[Si](O)(CCCCl)OCC. The van der Waals surface area contributed by atoms with Gasteiger partial charge in [-0.05, 0) is 20.3 Å². The zero-order valence-corrected chi connectivity index (χ0v) is 11.4. The van der Waals surface area contributed by atoms with E-state index in [4.69, 9.17) is 20.5 Å². The second-order valence-electron chi connectivity index (χ2n) is 2.37. The zero-order valence-electron chi connectivity index (χ0n) is 9.68. The van der Waals surface area contributed by atoms with Gasteiger partial charge in [0.05, 0.1) is 0 Å². The van der Waals surface area contributed by atoms with Gasteiger partial charge < -0.3 is 13.6 Å². The molecule has 0 spiro atoms. The lowest BCUT2D eigenvalue weighted by Crippen LogP contribution is -2.42. The molecule has 0 aromatic carbocycles. The molecule has 88 valence electrons. The summed E-state index contributed by atoms with van der Waals surface area (Å²) in [5.74, 6) is 0.537. The van der Waals surface area contributed by atoms with Crippen molar-refractivity contribution in [1.29, 1.82) is 0 Å². The smallest absolute Gasteiger partial charge is 0.390 e. The predicted molar refractivity (Wildman–Crippen MR) is 62.7 cm³/mol. The Morgan fingerprint density at radius 1 is 1.14 bits per heavy atom. The number of alkyl halides is 1. The maximum absolute atomic E-state index is 9.78. The fourth-order valence-electron chi connectivity index (χ4n) is 0.927. The fourth-order valence-corrected chi connectivity index (χ4v) is 3.18. The molecular formula is C9H23ClO3Si. The normalized spacial score (nSPS) is 10.7. The lowest BCUT2D eigenvalue weighted by Gasteiger charge is -2.22. The highest BCUT2D eigenvalue weighted by Gasteiger charge is 2.35. The Balaban J connectivity index is 0. The van der Waals surface area contributed by atoms with Crippen molar-refractivity contribution in [3.8, 4) is 0 Å². The van der Waals surface area contributed by atoms with Crippen LogP contribution in [-0.4, -0.2) is 32.7 Å². The van der Waals surface area contributed by atoms with E-state index in [1.165, 1.54) is 0 Å². The highest BCUT2D eigenvalue weighted by Crippen LogP contribution is 2.12. The van der Waals surface area contributed by atoms with Gasteiger partial charge in [-0.1, -0.05) is 13.8 Å². The average Bonchev–Trinajstić information content (AvgIpc) is 2.19. The van der Waals surface area contributed by atoms with E-state index >= 15 is 0 Å². The van der Waals surface area contributed by atoms with E-state index < -0.39 is 8.80 Å². The van der Waals surface area contributed by atoms with Gasteiger partial charge in [0.15, 0.2) is 0 Å². The van der Waals surface area contributed by atoms with Gasteiger partial charge >= 0.3 is 8.80 Å². The first-order chi connectivity index (χ1) is 6.68. The molecular weight excluding hydrogens is 220 g/mol. The Kier molecular flexibility index (Phi) is 13.8. The van der Waals surface area contributed by atoms with Crippen molar-refractivity contribution in [2.45, 2.75) is 40.2 Å². The molecule has 0 aliphatic carbocycles. The first-order valence-corrected chi connectivity index (χ1v) is 7.75. The molecule has 14 heavy (non-hydrogen) atoms. The van der Waals surface area contributed by atoms with Crippen molar-refractivity contribution in [1.82, 2.24) is 0 Å². The maximum atomic E-state index is 9.78. The van der Waals surface area contributed by atoms with Gasteiger partial charge in [0.2, 0.25) is 0 Å². The van der Waals surface area contributed by atoms with Crippen LogP contribution in [0.2, 0.25) is 6.04 Å². The van der Waals surface area contributed by atoms with Crippen LogP contribution in [0.4, 0.5) is 0 Å². The molecule has 0 amide bonds. The highest BCUT2D eigenvalue weighted by atomic mass is 35.5. The summed E-state index contributed by atoms with van der Waals surface area (Å²) < 4.78 is 10.4. The van der Waals surface area contributed by atoms with E-state index in [1.54, 1.807) is 0 Å². The molecule has 3 nitrogen and oxygen atoms in total. The standard InChI is InChI=1S/C7H17ClO3Si.C2H6/c1-3-10-12(9,11-4-2)7-5-6-8;1-2/h9H,3-7H2,1-2H3;1-2H3. The number of halogens is 1.